The lowest BCUT2D eigenvalue weighted by Crippen LogP contribution is -2.36. The van der Waals surface area contributed by atoms with E-state index in [1.807, 2.05) is 0 Å². The van der Waals surface area contributed by atoms with Crippen molar-refractivity contribution in [2.75, 3.05) is 13.1 Å². The van der Waals surface area contributed by atoms with Crippen molar-refractivity contribution in [2.24, 2.45) is 0 Å². The second-order valence-electron chi connectivity index (χ2n) is 6.34. The molecule has 0 aliphatic heterocycles. The number of nitrogens with one attached hydrogen (secondary N) is 2. The van der Waals surface area contributed by atoms with Gasteiger partial charge in [-0.05, 0) is 61.1 Å². The summed E-state index contributed by atoms with van der Waals surface area (Å²) in [6, 6.07) is 7.01. The molecule has 2 N–H and O–H groups in total. The van der Waals surface area contributed by atoms with Crippen molar-refractivity contribution in [1.82, 2.24) is 10.6 Å². The van der Waals surface area contributed by atoms with Crippen LogP contribution >= 0.6 is 0 Å². The summed E-state index contributed by atoms with van der Waals surface area (Å²) in [5, 5.41) is 5.85. The van der Waals surface area contributed by atoms with Gasteiger partial charge in [0.15, 0.2) is 0 Å². The first-order chi connectivity index (χ1) is 10.7. The highest BCUT2D eigenvalue weighted by Crippen LogP contribution is 2.34. The highest BCUT2D eigenvalue weighted by molar-refractivity contribution is 5.73. The van der Waals surface area contributed by atoms with Crippen LogP contribution in [0, 0.1) is 0 Å². The molecule has 122 valence electrons. The van der Waals surface area contributed by atoms with Crippen LogP contribution < -0.4 is 10.6 Å². The van der Waals surface area contributed by atoms with Crippen LogP contribution in [0.15, 0.2) is 18.2 Å². The fourth-order valence-corrected chi connectivity index (χ4v) is 3.35. The number of rotatable bonds is 7. The Kier molecular flexibility index (Phi) is 6.75. The topological polar surface area (TPSA) is 41.1 Å². The molecule has 3 nitrogen and oxygen atoms in total. The molecular formula is C19H30N2O. The van der Waals surface area contributed by atoms with Crippen LogP contribution in [0.4, 0.5) is 4.79 Å². The van der Waals surface area contributed by atoms with E-state index >= 15 is 0 Å². The van der Waals surface area contributed by atoms with Gasteiger partial charge < -0.3 is 10.6 Å². The number of fused-ring (bicyclic) bond motifs is 1. The Hall–Kier alpha value is -1.51. The summed E-state index contributed by atoms with van der Waals surface area (Å²) >= 11 is 0. The first kappa shape index (κ1) is 16.9. The molecule has 1 aromatic carbocycles. The maximum absolute atomic E-state index is 11.6. The summed E-state index contributed by atoms with van der Waals surface area (Å²) in [7, 11) is 0. The number of aryl methyl sites for hydroxylation is 2. The van der Waals surface area contributed by atoms with E-state index in [4.69, 9.17) is 0 Å². The zero-order valence-electron chi connectivity index (χ0n) is 14.1. The Morgan fingerprint density at radius 1 is 1.18 bits per heavy atom. The number of hydrogen-bond donors (Lipinski definition) is 2. The predicted octanol–water partition coefficient (Wildman–Crippen LogP) is 4.16. The number of benzene rings is 1. The smallest absolute Gasteiger partial charge is 0.314 e. The summed E-state index contributed by atoms with van der Waals surface area (Å²) in [4.78, 5) is 11.6. The van der Waals surface area contributed by atoms with Crippen LogP contribution in [0.5, 0.6) is 0 Å². The van der Waals surface area contributed by atoms with Gasteiger partial charge in [0.1, 0.15) is 0 Å². The molecule has 3 heteroatoms. The maximum atomic E-state index is 11.6. The molecule has 2 rings (SSSR count). The SMILES string of the molecule is CCCNC(=O)NCCC1CCCc2ccc(CCC)cc21. The monoisotopic (exact) mass is 302 g/mol. The molecule has 0 spiro atoms. The minimum atomic E-state index is -0.0300. The predicted molar refractivity (Wildman–Crippen MR) is 92.4 cm³/mol. The second-order valence-corrected chi connectivity index (χ2v) is 6.34. The fourth-order valence-electron chi connectivity index (χ4n) is 3.35. The third kappa shape index (κ3) is 4.75. The highest BCUT2D eigenvalue weighted by atomic mass is 16.2. The largest absolute Gasteiger partial charge is 0.338 e. The highest BCUT2D eigenvalue weighted by Gasteiger charge is 2.20. The lowest BCUT2D eigenvalue weighted by atomic mass is 9.80. The van der Waals surface area contributed by atoms with Gasteiger partial charge in [0.25, 0.3) is 0 Å². The van der Waals surface area contributed by atoms with E-state index in [-0.39, 0.29) is 6.03 Å². The van der Waals surface area contributed by atoms with Crippen LogP contribution in [0.25, 0.3) is 0 Å². The van der Waals surface area contributed by atoms with Gasteiger partial charge in [-0.2, -0.15) is 0 Å². The van der Waals surface area contributed by atoms with E-state index in [0.29, 0.717) is 5.92 Å². The number of carbonyl (C=O) groups excluding carboxylic acids is 1. The van der Waals surface area contributed by atoms with Crippen molar-refractivity contribution in [2.45, 2.75) is 64.7 Å². The van der Waals surface area contributed by atoms with Gasteiger partial charge in [0, 0.05) is 13.1 Å². The Balaban J connectivity index is 1.90. The molecule has 0 saturated heterocycles. The zero-order valence-corrected chi connectivity index (χ0v) is 14.1. The van der Waals surface area contributed by atoms with Crippen LogP contribution in [0.1, 0.15) is 68.6 Å². The average Bonchev–Trinajstić information content (AvgIpc) is 2.53. The van der Waals surface area contributed by atoms with Crippen molar-refractivity contribution in [3.8, 4) is 0 Å². The molecule has 0 heterocycles. The van der Waals surface area contributed by atoms with Gasteiger partial charge in [-0.25, -0.2) is 4.79 Å². The van der Waals surface area contributed by atoms with Crippen LogP contribution in [0.3, 0.4) is 0 Å². The van der Waals surface area contributed by atoms with E-state index in [1.54, 1.807) is 0 Å². The molecule has 1 aliphatic rings. The van der Waals surface area contributed by atoms with Crippen LogP contribution in [0.2, 0.25) is 0 Å². The first-order valence-electron chi connectivity index (χ1n) is 8.88. The third-order valence-electron chi connectivity index (χ3n) is 4.50. The molecule has 0 radical (unpaired) electrons. The van der Waals surface area contributed by atoms with Crippen molar-refractivity contribution in [3.05, 3.63) is 34.9 Å². The molecule has 22 heavy (non-hydrogen) atoms. The molecule has 1 aromatic rings. The van der Waals surface area contributed by atoms with Crippen molar-refractivity contribution in [3.63, 3.8) is 0 Å². The van der Waals surface area contributed by atoms with E-state index in [9.17, 15) is 4.79 Å². The van der Waals surface area contributed by atoms with Crippen LogP contribution in [-0.2, 0) is 12.8 Å². The number of carbonyl (C=O) groups is 1. The third-order valence-corrected chi connectivity index (χ3v) is 4.50. The van der Waals surface area contributed by atoms with Gasteiger partial charge in [-0.15, -0.1) is 0 Å². The molecule has 1 atom stereocenters. The lowest BCUT2D eigenvalue weighted by molar-refractivity contribution is 0.240. The quantitative estimate of drug-likeness (QED) is 0.780. The van der Waals surface area contributed by atoms with E-state index < -0.39 is 0 Å². The molecule has 0 fully saturated rings. The fraction of sp³-hybridized carbons (Fsp3) is 0.632. The van der Waals surface area contributed by atoms with Crippen molar-refractivity contribution in [1.29, 1.82) is 0 Å². The average molecular weight is 302 g/mol. The minimum absolute atomic E-state index is 0.0300. The number of urea groups is 1. The summed E-state index contributed by atoms with van der Waals surface area (Å²) in [6.45, 7) is 5.80. The number of amides is 2. The Bertz CT molecular complexity index is 484. The van der Waals surface area contributed by atoms with Crippen molar-refractivity contribution < 1.29 is 4.79 Å². The van der Waals surface area contributed by atoms with Gasteiger partial charge in [0.2, 0.25) is 0 Å². The molecule has 0 saturated carbocycles. The van der Waals surface area contributed by atoms with Crippen LogP contribution in [-0.4, -0.2) is 19.1 Å². The molecule has 0 aromatic heterocycles. The standard InChI is InChI=1S/C19H30N2O/c1-3-6-15-9-10-16-7-5-8-17(18(16)14-15)11-13-21-19(22)20-12-4-2/h9-10,14,17H,3-8,11-13H2,1-2H3,(H2,20,21,22). The van der Waals surface area contributed by atoms with Gasteiger partial charge >= 0.3 is 6.03 Å². The number of hydrogen-bond acceptors (Lipinski definition) is 1. The van der Waals surface area contributed by atoms with Gasteiger partial charge in [-0.1, -0.05) is 38.5 Å². The zero-order chi connectivity index (χ0) is 15.8. The molecular weight excluding hydrogens is 272 g/mol. The van der Waals surface area contributed by atoms with E-state index in [1.165, 1.54) is 42.4 Å². The van der Waals surface area contributed by atoms with E-state index in [0.717, 1.165) is 32.4 Å². The summed E-state index contributed by atoms with van der Waals surface area (Å²) < 4.78 is 0. The van der Waals surface area contributed by atoms with Crippen molar-refractivity contribution >= 4 is 6.03 Å². The molecule has 1 unspecified atom stereocenters. The Morgan fingerprint density at radius 3 is 2.77 bits per heavy atom. The Labute approximate surface area is 134 Å². The normalized spacial score (nSPS) is 16.9. The minimum Gasteiger partial charge on any atom is -0.338 e. The molecule has 2 amide bonds. The summed E-state index contributed by atoms with van der Waals surface area (Å²) in [5.41, 5.74) is 4.52. The van der Waals surface area contributed by atoms with E-state index in [2.05, 4.69) is 42.7 Å². The second kappa shape index (κ2) is 8.82. The lowest BCUT2D eigenvalue weighted by Gasteiger charge is -2.26. The molecule has 0 bridgehead atoms. The Morgan fingerprint density at radius 2 is 2.00 bits per heavy atom. The van der Waals surface area contributed by atoms with Gasteiger partial charge in [-0.3, -0.25) is 0 Å². The molecule has 1 aliphatic carbocycles. The summed E-state index contributed by atoms with van der Waals surface area (Å²) in [6.07, 6.45) is 8.11. The van der Waals surface area contributed by atoms with Gasteiger partial charge in [0.05, 0.1) is 0 Å². The maximum Gasteiger partial charge on any atom is 0.314 e. The first-order valence-corrected chi connectivity index (χ1v) is 8.88. The summed E-state index contributed by atoms with van der Waals surface area (Å²) in [5.74, 6) is 0.604.